The van der Waals surface area contributed by atoms with Crippen molar-refractivity contribution in [1.82, 2.24) is 0 Å². The Hall–Kier alpha value is -0.530. The van der Waals surface area contributed by atoms with E-state index in [4.69, 9.17) is 16.3 Å². The minimum absolute atomic E-state index is 0.491. The average molecular weight is 639 g/mol. The van der Waals surface area contributed by atoms with Gasteiger partial charge in [-0.05, 0) is 79.9 Å². The van der Waals surface area contributed by atoms with Crippen LogP contribution in [0.15, 0.2) is 72.5 Å². The van der Waals surface area contributed by atoms with Crippen LogP contribution in [-0.4, -0.2) is 0 Å². The fourth-order valence-electron chi connectivity index (χ4n) is 2.45. The summed E-state index contributed by atoms with van der Waals surface area (Å²) in [6.45, 7) is 1.09. The summed E-state index contributed by atoms with van der Waals surface area (Å²) in [4.78, 5) is 0. The number of halogens is 5. The molecule has 0 atom stereocenters. The third-order valence-electron chi connectivity index (χ3n) is 3.78. The van der Waals surface area contributed by atoms with E-state index < -0.39 is 0 Å². The summed E-state index contributed by atoms with van der Waals surface area (Å²) < 4.78 is 9.93. The van der Waals surface area contributed by atoms with Crippen molar-refractivity contribution in [3.8, 4) is 5.75 Å². The second-order valence-corrected chi connectivity index (χ2v) is 9.72. The molecule has 0 saturated carbocycles. The Bertz CT molecular complexity index is 947. The predicted octanol–water partition coefficient (Wildman–Crippen LogP) is 8.58. The van der Waals surface area contributed by atoms with E-state index in [2.05, 4.69) is 75.1 Å². The number of anilines is 1. The molecule has 3 aromatic carbocycles. The molecule has 0 fully saturated rings. The Kier molecular flexibility index (Phi) is 7.68. The van der Waals surface area contributed by atoms with Crippen LogP contribution in [0.4, 0.5) is 5.69 Å². The first-order chi connectivity index (χ1) is 12.9. The van der Waals surface area contributed by atoms with Gasteiger partial charge in [-0.1, -0.05) is 55.6 Å². The molecule has 0 aliphatic heterocycles. The number of rotatable bonds is 6. The molecule has 0 unspecified atom stereocenters. The van der Waals surface area contributed by atoms with Gasteiger partial charge in [0.15, 0.2) is 0 Å². The monoisotopic (exact) mass is 635 g/mol. The SMILES string of the molecule is Clc1cc(NCc2cc(Br)cc(Br)c2OCc2ccc(Br)cc2)ccc1Br. The van der Waals surface area contributed by atoms with E-state index in [-0.39, 0.29) is 0 Å². The zero-order valence-electron chi connectivity index (χ0n) is 13.9. The number of benzene rings is 3. The second kappa shape index (κ2) is 9.79. The van der Waals surface area contributed by atoms with Crippen LogP contribution in [0, 0.1) is 0 Å². The van der Waals surface area contributed by atoms with Crippen LogP contribution in [-0.2, 0) is 13.2 Å². The molecule has 0 saturated heterocycles. The molecular weight excluding hydrogens is 625 g/mol. The number of nitrogens with one attached hydrogen (secondary N) is 1. The standard InChI is InChI=1S/C20H14Br4ClNO/c21-14-3-1-12(2-4-14)11-27-20-13(7-15(22)8-18(20)24)10-26-16-5-6-17(23)19(25)9-16/h1-9,26H,10-11H2. The quantitative estimate of drug-likeness (QED) is 0.292. The van der Waals surface area contributed by atoms with E-state index in [9.17, 15) is 0 Å². The molecule has 0 amide bonds. The zero-order chi connectivity index (χ0) is 19.4. The van der Waals surface area contributed by atoms with Gasteiger partial charge in [0, 0.05) is 31.2 Å². The summed E-state index contributed by atoms with van der Waals surface area (Å²) in [6, 6.07) is 17.9. The highest BCUT2D eigenvalue weighted by atomic mass is 79.9. The van der Waals surface area contributed by atoms with Crippen LogP contribution in [0.2, 0.25) is 5.02 Å². The molecule has 0 aliphatic carbocycles. The molecule has 0 spiro atoms. The number of hydrogen-bond donors (Lipinski definition) is 1. The van der Waals surface area contributed by atoms with Crippen molar-refractivity contribution in [2.45, 2.75) is 13.2 Å². The highest BCUT2D eigenvalue weighted by Crippen LogP contribution is 2.34. The van der Waals surface area contributed by atoms with Gasteiger partial charge in [0.05, 0.1) is 9.50 Å². The lowest BCUT2D eigenvalue weighted by atomic mass is 10.2. The van der Waals surface area contributed by atoms with Crippen molar-refractivity contribution in [2.75, 3.05) is 5.32 Å². The molecule has 0 bridgehead atoms. The van der Waals surface area contributed by atoms with E-state index >= 15 is 0 Å². The number of hydrogen-bond acceptors (Lipinski definition) is 2. The fourth-order valence-corrected chi connectivity index (χ4v) is 4.57. The molecule has 3 aromatic rings. The van der Waals surface area contributed by atoms with E-state index in [0.717, 1.165) is 40.5 Å². The summed E-state index contributed by atoms with van der Waals surface area (Å²) in [5.41, 5.74) is 3.08. The third-order valence-corrected chi connectivity index (χ3v) is 6.59. The van der Waals surface area contributed by atoms with Gasteiger partial charge in [-0.3, -0.25) is 0 Å². The molecule has 1 N–H and O–H groups in total. The maximum Gasteiger partial charge on any atom is 0.139 e. The second-order valence-electron chi connectivity index (χ2n) is 5.77. The van der Waals surface area contributed by atoms with Crippen LogP contribution in [0.25, 0.3) is 0 Å². The van der Waals surface area contributed by atoms with Crippen molar-refractivity contribution < 1.29 is 4.74 Å². The van der Waals surface area contributed by atoms with Gasteiger partial charge in [-0.2, -0.15) is 0 Å². The Morgan fingerprint density at radius 3 is 2.26 bits per heavy atom. The molecule has 7 heteroatoms. The Morgan fingerprint density at radius 1 is 0.815 bits per heavy atom. The Labute approximate surface area is 197 Å². The van der Waals surface area contributed by atoms with Crippen LogP contribution >= 0.6 is 75.3 Å². The minimum Gasteiger partial charge on any atom is -0.487 e. The topological polar surface area (TPSA) is 21.3 Å². The third kappa shape index (κ3) is 5.97. The minimum atomic E-state index is 0.491. The van der Waals surface area contributed by atoms with Gasteiger partial charge in [0.2, 0.25) is 0 Å². The van der Waals surface area contributed by atoms with Gasteiger partial charge in [-0.25, -0.2) is 0 Å². The maximum atomic E-state index is 6.18. The molecule has 0 aromatic heterocycles. The van der Waals surface area contributed by atoms with Crippen molar-refractivity contribution in [3.63, 3.8) is 0 Å². The summed E-state index contributed by atoms with van der Waals surface area (Å²) in [6.07, 6.45) is 0. The smallest absolute Gasteiger partial charge is 0.139 e. The first kappa shape index (κ1) is 21.2. The predicted molar refractivity (Wildman–Crippen MR) is 127 cm³/mol. The van der Waals surface area contributed by atoms with Crippen molar-refractivity contribution in [1.29, 1.82) is 0 Å². The number of ether oxygens (including phenoxy) is 1. The highest BCUT2D eigenvalue weighted by molar-refractivity contribution is 9.11. The van der Waals surface area contributed by atoms with Crippen LogP contribution in [0.3, 0.4) is 0 Å². The molecule has 27 heavy (non-hydrogen) atoms. The van der Waals surface area contributed by atoms with Gasteiger partial charge >= 0.3 is 0 Å². The van der Waals surface area contributed by atoms with Gasteiger partial charge in [0.1, 0.15) is 12.4 Å². The highest BCUT2D eigenvalue weighted by Gasteiger charge is 2.11. The van der Waals surface area contributed by atoms with Crippen LogP contribution in [0.1, 0.15) is 11.1 Å². The summed E-state index contributed by atoms with van der Waals surface area (Å²) in [7, 11) is 0. The Morgan fingerprint density at radius 2 is 1.56 bits per heavy atom. The van der Waals surface area contributed by atoms with Crippen molar-refractivity contribution >= 4 is 81.0 Å². The molecular formula is C20H14Br4ClNO. The van der Waals surface area contributed by atoms with E-state index in [1.54, 1.807) is 0 Å². The summed E-state index contributed by atoms with van der Waals surface area (Å²) in [5.74, 6) is 0.817. The molecule has 0 radical (unpaired) electrons. The largest absolute Gasteiger partial charge is 0.487 e. The lowest BCUT2D eigenvalue weighted by Gasteiger charge is -2.16. The van der Waals surface area contributed by atoms with E-state index in [1.165, 1.54) is 0 Å². The summed E-state index contributed by atoms with van der Waals surface area (Å²) >= 11 is 20.2. The van der Waals surface area contributed by atoms with Crippen molar-refractivity contribution in [2.24, 2.45) is 0 Å². The molecule has 3 rings (SSSR count). The van der Waals surface area contributed by atoms with E-state index in [1.807, 2.05) is 48.5 Å². The normalized spacial score (nSPS) is 10.7. The van der Waals surface area contributed by atoms with Gasteiger partial charge in [0.25, 0.3) is 0 Å². The van der Waals surface area contributed by atoms with Crippen LogP contribution in [0.5, 0.6) is 5.75 Å². The van der Waals surface area contributed by atoms with Gasteiger partial charge < -0.3 is 10.1 Å². The van der Waals surface area contributed by atoms with E-state index in [0.29, 0.717) is 18.2 Å². The van der Waals surface area contributed by atoms with Crippen LogP contribution < -0.4 is 10.1 Å². The first-order valence-electron chi connectivity index (χ1n) is 7.96. The molecule has 140 valence electrons. The molecule has 2 nitrogen and oxygen atoms in total. The summed E-state index contributed by atoms with van der Waals surface area (Å²) in [5, 5.41) is 4.06. The van der Waals surface area contributed by atoms with Crippen molar-refractivity contribution in [3.05, 3.63) is 88.6 Å². The lowest BCUT2D eigenvalue weighted by molar-refractivity contribution is 0.301. The average Bonchev–Trinajstić information content (AvgIpc) is 2.63. The fraction of sp³-hybridized carbons (Fsp3) is 0.100. The molecule has 0 aliphatic rings. The molecule has 0 heterocycles. The lowest BCUT2D eigenvalue weighted by Crippen LogP contribution is -2.05. The maximum absolute atomic E-state index is 6.18. The van der Waals surface area contributed by atoms with Gasteiger partial charge in [-0.15, -0.1) is 0 Å². The Balaban J connectivity index is 1.77. The first-order valence-corrected chi connectivity index (χ1v) is 11.5. The zero-order valence-corrected chi connectivity index (χ0v) is 21.0.